The van der Waals surface area contributed by atoms with E-state index in [1.54, 1.807) is 11.8 Å². The molecule has 21 heavy (non-hydrogen) atoms. The van der Waals surface area contributed by atoms with Crippen LogP contribution in [-0.4, -0.2) is 48.6 Å². The van der Waals surface area contributed by atoms with E-state index in [0.717, 1.165) is 11.3 Å². The molecule has 2 rings (SSSR count). The van der Waals surface area contributed by atoms with Gasteiger partial charge in [0.1, 0.15) is 6.10 Å². The van der Waals surface area contributed by atoms with Crippen LogP contribution < -0.4 is 5.73 Å². The van der Waals surface area contributed by atoms with Crippen LogP contribution in [0.3, 0.4) is 0 Å². The fourth-order valence-electron chi connectivity index (χ4n) is 2.33. The first-order valence-corrected chi connectivity index (χ1v) is 8.79. The molecule has 4 nitrogen and oxygen atoms in total. The second-order valence-corrected chi connectivity index (χ2v) is 6.51. The molecule has 1 heterocycles. The van der Waals surface area contributed by atoms with E-state index >= 15 is 0 Å². The van der Waals surface area contributed by atoms with Gasteiger partial charge in [-0.15, -0.1) is 0 Å². The van der Waals surface area contributed by atoms with Crippen LogP contribution in [0.1, 0.15) is 18.1 Å². The summed E-state index contributed by atoms with van der Waals surface area (Å²) in [6.45, 7) is 1.69. The highest BCUT2D eigenvalue weighted by atomic mass is 35.5. The summed E-state index contributed by atoms with van der Waals surface area (Å²) in [5.74, 6) is 0.920. The average molecular weight is 329 g/mol. The molecule has 1 aliphatic heterocycles. The van der Waals surface area contributed by atoms with Gasteiger partial charge in [-0.1, -0.05) is 23.7 Å². The van der Waals surface area contributed by atoms with Gasteiger partial charge in [-0.25, -0.2) is 0 Å². The Morgan fingerprint density at radius 3 is 2.90 bits per heavy atom. The molecule has 1 aromatic carbocycles. The number of carbonyl (C=O) groups excluding carboxylic acids is 1. The molecule has 0 spiro atoms. The second kappa shape index (κ2) is 8.03. The molecule has 2 atom stereocenters. The number of halogens is 1. The van der Waals surface area contributed by atoms with E-state index in [1.165, 1.54) is 0 Å². The number of nitrogens with two attached hydrogens (primary N) is 1. The summed E-state index contributed by atoms with van der Waals surface area (Å²) in [4.78, 5) is 14.2. The standard InChI is InChI=1S/C15H21ClN2O2S/c1-21-9-6-13(17)15(19)18-7-8-20-14(10-18)11-2-4-12(16)5-3-11/h2-5,13-14H,6-10,17H2,1H3/t13-,14?/m0/s1. The minimum atomic E-state index is -0.415. The van der Waals surface area contributed by atoms with Crippen molar-refractivity contribution < 1.29 is 9.53 Å². The van der Waals surface area contributed by atoms with Crippen molar-refractivity contribution >= 4 is 29.3 Å². The third-order valence-corrected chi connectivity index (χ3v) is 4.47. The largest absolute Gasteiger partial charge is 0.370 e. The Balaban J connectivity index is 1.97. The van der Waals surface area contributed by atoms with E-state index in [2.05, 4.69) is 0 Å². The van der Waals surface area contributed by atoms with E-state index in [4.69, 9.17) is 22.1 Å². The molecule has 116 valence electrons. The predicted molar refractivity (Wildman–Crippen MR) is 87.7 cm³/mol. The van der Waals surface area contributed by atoms with Crippen molar-refractivity contribution in [3.05, 3.63) is 34.9 Å². The number of ether oxygens (including phenoxy) is 1. The van der Waals surface area contributed by atoms with Gasteiger partial charge < -0.3 is 15.4 Å². The van der Waals surface area contributed by atoms with Crippen molar-refractivity contribution in [3.63, 3.8) is 0 Å². The molecule has 2 N–H and O–H groups in total. The predicted octanol–water partition coefficient (Wildman–Crippen LogP) is 2.32. The number of carbonyl (C=O) groups is 1. The normalized spacial score (nSPS) is 20.3. The van der Waals surface area contributed by atoms with E-state index in [9.17, 15) is 4.79 Å². The van der Waals surface area contributed by atoms with Crippen LogP contribution >= 0.6 is 23.4 Å². The lowest BCUT2D eigenvalue weighted by Gasteiger charge is -2.34. The Hall–Kier alpha value is -0.750. The maximum Gasteiger partial charge on any atom is 0.239 e. The first-order chi connectivity index (χ1) is 10.1. The molecule has 0 saturated carbocycles. The highest BCUT2D eigenvalue weighted by Gasteiger charge is 2.28. The summed E-state index contributed by atoms with van der Waals surface area (Å²) in [6.07, 6.45) is 2.62. The lowest BCUT2D eigenvalue weighted by atomic mass is 10.1. The van der Waals surface area contributed by atoms with Gasteiger partial charge in [0.2, 0.25) is 5.91 Å². The van der Waals surface area contributed by atoms with Crippen molar-refractivity contribution in [3.8, 4) is 0 Å². The van der Waals surface area contributed by atoms with E-state index in [1.807, 2.05) is 35.4 Å². The lowest BCUT2D eigenvalue weighted by Crippen LogP contribution is -2.49. The molecule has 1 aromatic rings. The quantitative estimate of drug-likeness (QED) is 0.901. The minimum Gasteiger partial charge on any atom is -0.370 e. The zero-order valence-electron chi connectivity index (χ0n) is 12.1. The smallest absolute Gasteiger partial charge is 0.239 e. The van der Waals surface area contributed by atoms with Crippen molar-refractivity contribution in [2.45, 2.75) is 18.6 Å². The summed E-state index contributed by atoms with van der Waals surface area (Å²) in [6, 6.07) is 7.14. The first kappa shape index (κ1) is 16.6. The third kappa shape index (κ3) is 4.61. The molecule has 1 fully saturated rings. The van der Waals surface area contributed by atoms with Gasteiger partial charge in [0.25, 0.3) is 0 Å². The van der Waals surface area contributed by atoms with Gasteiger partial charge in [0.05, 0.1) is 19.2 Å². The van der Waals surface area contributed by atoms with Crippen LogP contribution in [0, 0.1) is 0 Å². The topological polar surface area (TPSA) is 55.6 Å². The number of morpholine rings is 1. The monoisotopic (exact) mass is 328 g/mol. The van der Waals surface area contributed by atoms with Crippen molar-refractivity contribution in [1.29, 1.82) is 0 Å². The summed E-state index contributed by atoms with van der Waals surface area (Å²) >= 11 is 7.60. The van der Waals surface area contributed by atoms with Gasteiger partial charge in [0, 0.05) is 11.6 Å². The van der Waals surface area contributed by atoms with E-state index in [0.29, 0.717) is 31.1 Å². The van der Waals surface area contributed by atoms with Crippen molar-refractivity contribution in [2.75, 3.05) is 31.7 Å². The number of hydrogen-bond donors (Lipinski definition) is 1. The fraction of sp³-hybridized carbons (Fsp3) is 0.533. The molecule has 1 amide bonds. The molecule has 1 unspecified atom stereocenters. The summed E-state index contributed by atoms with van der Waals surface area (Å²) in [5.41, 5.74) is 7.01. The number of rotatable bonds is 5. The minimum absolute atomic E-state index is 0.0197. The van der Waals surface area contributed by atoms with Crippen LogP contribution in [-0.2, 0) is 9.53 Å². The maximum absolute atomic E-state index is 12.3. The van der Waals surface area contributed by atoms with Crippen molar-refractivity contribution in [1.82, 2.24) is 4.90 Å². The van der Waals surface area contributed by atoms with Crippen molar-refractivity contribution in [2.24, 2.45) is 5.73 Å². The first-order valence-electron chi connectivity index (χ1n) is 7.02. The Kier molecular flexibility index (Phi) is 6.36. The van der Waals surface area contributed by atoms with Crippen LogP contribution in [0.2, 0.25) is 5.02 Å². The number of benzene rings is 1. The number of nitrogens with zero attached hydrogens (tertiary/aromatic N) is 1. The Labute approximate surface area is 135 Å². The SMILES string of the molecule is CSCC[C@H](N)C(=O)N1CCOC(c2ccc(Cl)cc2)C1. The van der Waals surface area contributed by atoms with Gasteiger partial charge in [-0.3, -0.25) is 4.79 Å². The molecule has 0 aliphatic carbocycles. The summed E-state index contributed by atoms with van der Waals surface area (Å²) in [7, 11) is 0. The number of amides is 1. The molecule has 6 heteroatoms. The lowest BCUT2D eigenvalue weighted by molar-refractivity contribution is -0.140. The average Bonchev–Trinajstić information content (AvgIpc) is 2.52. The summed E-state index contributed by atoms with van der Waals surface area (Å²) in [5, 5.41) is 0.696. The van der Waals surface area contributed by atoms with E-state index in [-0.39, 0.29) is 12.0 Å². The van der Waals surface area contributed by atoms with Crippen LogP contribution in [0.5, 0.6) is 0 Å². The van der Waals surface area contributed by atoms with Crippen LogP contribution in [0.25, 0.3) is 0 Å². The Morgan fingerprint density at radius 2 is 2.24 bits per heavy atom. The zero-order valence-corrected chi connectivity index (χ0v) is 13.7. The van der Waals surface area contributed by atoms with Crippen LogP contribution in [0.15, 0.2) is 24.3 Å². The maximum atomic E-state index is 12.3. The molecular weight excluding hydrogens is 308 g/mol. The molecule has 0 radical (unpaired) electrons. The molecule has 0 bridgehead atoms. The molecule has 1 saturated heterocycles. The molecule has 0 aromatic heterocycles. The van der Waals surface area contributed by atoms with Gasteiger partial charge in [-0.2, -0.15) is 11.8 Å². The number of thioether (sulfide) groups is 1. The van der Waals surface area contributed by atoms with Crippen LogP contribution in [0.4, 0.5) is 0 Å². The highest BCUT2D eigenvalue weighted by Crippen LogP contribution is 2.24. The van der Waals surface area contributed by atoms with Gasteiger partial charge in [0.15, 0.2) is 0 Å². The third-order valence-electron chi connectivity index (χ3n) is 3.57. The molecular formula is C15H21ClN2O2S. The molecule has 1 aliphatic rings. The highest BCUT2D eigenvalue weighted by molar-refractivity contribution is 7.98. The van der Waals surface area contributed by atoms with Gasteiger partial charge in [-0.05, 0) is 36.1 Å². The second-order valence-electron chi connectivity index (χ2n) is 5.08. The Morgan fingerprint density at radius 1 is 1.52 bits per heavy atom. The van der Waals surface area contributed by atoms with Gasteiger partial charge >= 0.3 is 0 Å². The fourth-order valence-corrected chi connectivity index (χ4v) is 2.95. The zero-order chi connectivity index (χ0) is 15.2. The summed E-state index contributed by atoms with van der Waals surface area (Å²) < 4.78 is 5.76. The number of hydrogen-bond acceptors (Lipinski definition) is 4. The Bertz CT molecular complexity index is 469. The van der Waals surface area contributed by atoms with E-state index < -0.39 is 6.04 Å².